The molecule has 1 amide bonds. The van der Waals surface area contributed by atoms with Crippen molar-refractivity contribution in [2.75, 3.05) is 30.0 Å². The van der Waals surface area contributed by atoms with E-state index in [9.17, 15) is 4.79 Å². The van der Waals surface area contributed by atoms with Gasteiger partial charge in [0.2, 0.25) is 0 Å². The Kier molecular flexibility index (Phi) is 5.07. The van der Waals surface area contributed by atoms with E-state index in [4.69, 9.17) is 10.5 Å². The molecule has 2 unspecified atom stereocenters. The number of aromatic nitrogens is 2. The van der Waals surface area contributed by atoms with Crippen LogP contribution in [0.2, 0.25) is 0 Å². The summed E-state index contributed by atoms with van der Waals surface area (Å²) in [5.41, 5.74) is 5.53. The van der Waals surface area contributed by atoms with Crippen LogP contribution in [0.25, 0.3) is 0 Å². The number of amides is 1. The van der Waals surface area contributed by atoms with Gasteiger partial charge in [-0.15, -0.1) is 0 Å². The fraction of sp³-hybridized carbons (Fsp3) is 0.688. The minimum atomic E-state index is -0.481. The van der Waals surface area contributed by atoms with Crippen LogP contribution in [0, 0.1) is 0 Å². The minimum absolute atomic E-state index is 0.134. The Morgan fingerprint density at radius 1 is 1.28 bits per heavy atom. The number of ether oxygens (including phenoxy) is 1. The van der Waals surface area contributed by atoms with Crippen molar-refractivity contribution in [3.05, 3.63) is 4.47 Å². The maximum Gasteiger partial charge on any atom is 0.410 e. The van der Waals surface area contributed by atoms with Crippen molar-refractivity contribution in [3.8, 4) is 0 Å². The highest BCUT2D eigenvalue weighted by Crippen LogP contribution is 2.37. The Morgan fingerprint density at radius 3 is 2.40 bits per heavy atom. The number of nitrogens with two attached hydrogens (primary N) is 1. The van der Waals surface area contributed by atoms with Gasteiger partial charge in [0.1, 0.15) is 21.7 Å². The van der Waals surface area contributed by atoms with Crippen molar-refractivity contribution in [1.29, 1.82) is 0 Å². The van der Waals surface area contributed by atoms with Crippen LogP contribution in [0.5, 0.6) is 0 Å². The topological polar surface area (TPSA) is 84.6 Å². The van der Waals surface area contributed by atoms with Crippen molar-refractivity contribution in [1.82, 2.24) is 14.9 Å². The van der Waals surface area contributed by atoms with Gasteiger partial charge >= 0.3 is 6.09 Å². The van der Waals surface area contributed by atoms with Gasteiger partial charge in [-0.2, -0.15) is 0 Å². The summed E-state index contributed by atoms with van der Waals surface area (Å²) in [7, 11) is 0. The summed E-state index contributed by atoms with van der Waals surface area (Å²) in [6.45, 7) is 7.13. The lowest BCUT2D eigenvalue weighted by Gasteiger charge is -2.42. The number of fused-ring (bicyclic) bond motifs is 2. The van der Waals surface area contributed by atoms with Gasteiger partial charge in [0, 0.05) is 13.1 Å². The number of thioether (sulfide) groups is 1. The van der Waals surface area contributed by atoms with Crippen molar-refractivity contribution in [2.24, 2.45) is 0 Å². The Hall–Kier alpha value is -1.22. The van der Waals surface area contributed by atoms with Gasteiger partial charge in [-0.05, 0) is 55.8 Å². The lowest BCUT2D eigenvalue weighted by Crippen LogP contribution is -2.57. The fourth-order valence-electron chi connectivity index (χ4n) is 3.42. The maximum atomic E-state index is 12.6. The van der Waals surface area contributed by atoms with Crippen molar-refractivity contribution in [3.63, 3.8) is 0 Å². The average molecular weight is 430 g/mol. The molecule has 3 heterocycles. The molecule has 1 aromatic rings. The molecule has 2 atom stereocenters. The van der Waals surface area contributed by atoms with E-state index in [1.165, 1.54) is 11.8 Å². The van der Waals surface area contributed by atoms with Gasteiger partial charge in [-0.1, -0.05) is 11.8 Å². The lowest BCUT2D eigenvalue weighted by atomic mass is 10.2. The number of carbonyl (C=O) groups excluding carboxylic acids is 1. The number of hydrogen-bond acceptors (Lipinski definition) is 7. The average Bonchev–Trinajstić information content (AvgIpc) is 2.79. The molecule has 0 spiro atoms. The molecular formula is C16H24BrN5O2S. The second-order valence-electron chi connectivity index (χ2n) is 7.41. The number of carbonyl (C=O) groups is 1. The predicted molar refractivity (Wildman–Crippen MR) is 103 cm³/mol. The zero-order valence-corrected chi connectivity index (χ0v) is 17.4. The number of hydrogen-bond donors (Lipinski definition) is 1. The summed E-state index contributed by atoms with van der Waals surface area (Å²) in [6, 6.07) is 0.267. The molecule has 2 N–H and O–H groups in total. The Labute approximate surface area is 160 Å². The van der Waals surface area contributed by atoms with Gasteiger partial charge in [0.05, 0.1) is 12.1 Å². The first-order chi connectivity index (χ1) is 11.7. The largest absolute Gasteiger partial charge is 0.444 e. The molecule has 7 nitrogen and oxygen atoms in total. The van der Waals surface area contributed by atoms with Crippen LogP contribution >= 0.6 is 27.7 Å². The number of anilines is 2. The summed E-state index contributed by atoms with van der Waals surface area (Å²) >= 11 is 4.98. The molecule has 2 saturated heterocycles. The third kappa shape index (κ3) is 3.81. The van der Waals surface area contributed by atoms with Gasteiger partial charge in [-0.25, -0.2) is 14.8 Å². The quantitative estimate of drug-likeness (QED) is 0.570. The molecule has 1 aromatic heterocycles. The molecule has 138 valence electrons. The van der Waals surface area contributed by atoms with Crippen molar-refractivity contribution in [2.45, 2.75) is 56.5 Å². The second-order valence-corrected chi connectivity index (χ2v) is 8.98. The third-order valence-electron chi connectivity index (χ3n) is 4.41. The van der Waals surface area contributed by atoms with Crippen LogP contribution in [0.3, 0.4) is 0 Å². The molecule has 25 heavy (non-hydrogen) atoms. The van der Waals surface area contributed by atoms with Crippen molar-refractivity contribution < 1.29 is 9.53 Å². The highest BCUT2D eigenvalue weighted by Gasteiger charge is 2.45. The van der Waals surface area contributed by atoms with Crippen LogP contribution in [0.1, 0.15) is 33.6 Å². The summed E-state index contributed by atoms with van der Waals surface area (Å²) in [5, 5.41) is 0.651. The van der Waals surface area contributed by atoms with E-state index in [2.05, 4.69) is 30.8 Å². The summed E-state index contributed by atoms with van der Waals surface area (Å²) < 4.78 is 6.31. The first-order valence-corrected chi connectivity index (χ1v) is 10.3. The first-order valence-electron chi connectivity index (χ1n) is 8.33. The Morgan fingerprint density at radius 2 is 1.88 bits per heavy atom. The second kappa shape index (κ2) is 6.83. The molecular weight excluding hydrogens is 406 g/mol. The van der Waals surface area contributed by atoms with Crippen LogP contribution in [0.15, 0.2) is 9.63 Å². The van der Waals surface area contributed by atoms with Crippen molar-refractivity contribution >= 4 is 45.4 Å². The molecule has 2 bridgehead atoms. The van der Waals surface area contributed by atoms with Crippen LogP contribution < -0.4 is 10.6 Å². The monoisotopic (exact) mass is 429 g/mol. The molecule has 0 saturated carbocycles. The zero-order chi connectivity index (χ0) is 18.4. The number of halogens is 1. The van der Waals surface area contributed by atoms with E-state index >= 15 is 0 Å². The van der Waals surface area contributed by atoms with Gasteiger partial charge in [0.25, 0.3) is 0 Å². The molecule has 3 rings (SSSR count). The number of piperazine rings is 1. The van der Waals surface area contributed by atoms with Gasteiger partial charge in [-0.3, -0.25) is 4.90 Å². The molecule has 0 aliphatic carbocycles. The molecule has 2 aliphatic rings. The van der Waals surface area contributed by atoms with E-state index < -0.39 is 5.60 Å². The Balaban J connectivity index is 1.81. The third-order valence-corrected chi connectivity index (χ3v) is 5.72. The van der Waals surface area contributed by atoms with Crippen LogP contribution in [0.4, 0.5) is 16.4 Å². The standard InChI is InChI=1S/C16H24BrN5O2S/c1-16(2,3)24-15(23)22-9-5-6-10(22)8-21(7-9)13-11(17)12(18)19-14(20-13)25-4/h9-10H,5-8H2,1-4H3,(H2,18,19,20). The van der Waals surface area contributed by atoms with Gasteiger partial charge in [0.15, 0.2) is 5.16 Å². The van der Waals surface area contributed by atoms with E-state index in [1.807, 2.05) is 31.9 Å². The SMILES string of the molecule is CSc1nc(N)c(Br)c(N2CC3CCC(C2)N3C(=O)OC(C)(C)C)n1. The van der Waals surface area contributed by atoms with Crippen LogP contribution in [-0.2, 0) is 4.74 Å². The smallest absolute Gasteiger partial charge is 0.410 e. The number of rotatable bonds is 2. The molecule has 0 radical (unpaired) electrons. The molecule has 9 heteroatoms. The summed E-state index contributed by atoms with van der Waals surface area (Å²) in [5.74, 6) is 1.24. The molecule has 2 fully saturated rings. The first kappa shape index (κ1) is 18.6. The van der Waals surface area contributed by atoms with E-state index in [0.717, 1.165) is 36.2 Å². The predicted octanol–water partition coefficient (Wildman–Crippen LogP) is 3.13. The maximum absolute atomic E-state index is 12.6. The van der Waals surface area contributed by atoms with Crippen LogP contribution in [-0.4, -0.2) is 58.0 Å². The molecule has 2 aliphatic heterocycles. The summed E-state index contributed by atoms with van der Waals surface area (Å²) in [6.07, 6.45) is 3.67. The fourth-order valence-corrected chi connectivity index (χ4v) is 4.22. The highest BCUT2D eigenvalue weighted by atomic mass is 79.9. The number of nitrogen functional groups attached to an aromatic ring is 1. The number of nitrogens with zero attached hydrogens (tertiary/aromatic N) is 4. The Bertz CT molecular complexity index is 667. The zero-order valence-electron chi connectivity index (χ0n) is 15.0. The van der Waals surface area contributed by atoms with Gasteiger partial charge < -0.3 is 15.4 Å². The lowest BCUT2D eigenvalue weighted by molar-refractivity contribution is 0.0122. The van der Waals surface area contributed by atoms with E-state index in [1.54, 1.807) is 0 Å². The summed E-state index contributed by atoms with van der Waals surface area (Å²) in [4.78, 5) is 25.6. The normalized spacial score (nSPS) is 23.1. The molecule has 0 aromatic carbocycles. The highest BCUT2D eigenvalue weighted by molar-refractivity contribution is 9.10. The van der Waals surface area contributed by atoms with E-state index in [-0.39, 0.29) is 18.2 Å². The minimum Gasteiger partial charge on any atom is -0.444 e. The van der Waals surface area contributed by atoms with E-state index in [0.29, 0.717) is 11.0 Å².